The number of urea groups is 1. The van der Waals surface area contributed by atoms with Crippen molar-refractivity contribution in [3.05, 3.63) is 78.1 Å². The molecule has 202 valence electrons. The highest BCUT2D eigenvalue weighted by atomic mass is 19.1. The van der Waals surface area contributed by atoms with Gasteiger partial charge in [0.1, 0.15) is 28.8 Å². The van der Waals surface area contributed by atoms with Gasteiger partial charge < -0.3 is 20.1 Å². The summed E-state index contributed by atoms with van der Waals surface area (Å²) >= 11 is 0. The maximum atomic E-state index is 14.9. The molecule has 0 fully saturated rings. The predicted octanol–water partition coefficient (Wildman–Crippen LogP) is 4.90. The van der Waals surface area contributed by atoms with Crippen LogP contribution in [0.5, 0.6) is 17.4 Å². The maximum Gasteiger partial charge on any atom is 0.324 e. The van der Waals surface area contributed by atoms with Crippen molar-refractivity contribution in [2.45, 2.75) is 26.2 Å². The first-order valence-electron chi connectivity index (χ1n) is 11.9. The number of pyridine rings is 2. The number of hydrogen-bond donors (Lipinski definition) is 3. The van der Waals surface area contributed by atoms with Gasteiger partial charge in [0.2, 0.25) is 5.88 Å². The summed E-state index contributed by atoms with van der Waals surface area (Å²) in [5.41, 5.74) is 1.14. The highest BCUT2D eigenvalue weighted by molar-refractivity contribution is 5.99. The van der Waals surface area contributed by atoms with Gasteiger partial charge in [-0.15, -0.1) is 0 Å². The zero-order valence-corrected chi connectivity index (χ0v) is 22.1. The van der Waals surface area contributed by atoms with E-state index in [9.17, 15) is 14.0 Å². The Hall–Kier alpha value is -5.00. The zero-order valence-electron chi connectivity index (χ0n) is 22.1. The first kappa shape index (κ1) is 27.0. The lowest BCUT2D eigenvalue weighted by Crippen LogP contribution is -2.22. The molecule has 0 unspecified atom stereocenters. The molecule has 1 aromatic carbocycles. The Kier molecular flexibility index (Phi) is 7.75. The second-order valence-electron chi connectivity index (χ2n) is 9.41. The molecule has 4 rings (SSSR count). The van der Waals surface area contributed by atoms with E-state index < -0.39 is 11.8 Å². The van der Waals surface area contributed by atoms with Gasteiger partial charge >= 0.3 is 6.03 Å². The average Bonchev–Trinajstić information content (AvgIpc) is 3.34. The van der Waals surface area contributed by atoms with Gasteiger partial charge in [0.05, 0.1) is 30.4 Å². The minimum absolute atomic E-state index is 0.0612. The van der Waals surface area contributed by atoms with Crippen LogP contribution in [0.4, 0.5) is 20.7 Å². The van der Waals surface area contributed by atoms with Crippen LogP contribution in [-0.4, -0.2) is 45.8 Å². The summed E-state index contributed by atoms with van der Waals surface area (Å²) in [6.45, 7) is 6.00. The van der Waals surface area contributed by atoms with Crippen LogP contribution in [0.25, 0.3) is 5.69 Å². The number of nitrogens with zero attached hydrogens (tertiary/aromatic N) is 4. The zero-order chi connectivity index (χ0) is 28.2. The number of methoxy groups -OCH3 is 1. The van der Waals surface area contributed by atoms with Crippen molar-refractivity contribution in [2.75, 3.05) is 24.8 Å². The fourth-order valence-corrected chi connectivity index (χ4v) is 3.45. The Labute approximate surface area is 224 Å². The molecule has 0 radical (unpaired) electrons. The smallest absolute Gasteiger partial charge is 0.324 e. The van der Waals surface area contributed by atoms with Crippen LogP contribution in [0.1, 0.15) is 37.0 Å². The molecule has 0 bridgehead atoms. The van der Waals surface area contributed by atoms with E-state index in [1.54, 1.807) is 29.1 Å². The number of aromatic nitrogens is 4. The van der Waals surface area contributed by atoms with Crippen LogP contribution >= 0.6 is 0 Å². The van der Waals surface area contributed by atoms with Crippen molar-refractivity contribution in [2.24, 2.45) is 0 Å². The van der Waals surface area contributed by atoms with Gasteiger partial charge in [-0.25, -0.2) is 18.9 Å². The molecule has 0 atom stereocenters. The number of benzene rings is 1. The van der Waals surface area contributed by atoms with Gasteiger partial charge in [-0.2, -0.15) is 5.10 Å². The van der Waals surface area contributed by atoms with Crippen molar-refractivity contribution in [3.8, 4) is 23.1 Å². The third kappa shape index (κ3) is 6.47. The summed E-state index contributed by atoms with van der Waals surface area (Å²) in [5.74, 6) is 0.190. The quantitative estimate of drug-likeness (QED) is 0.308. The van der Waals surface area contributed by atoms with Crippen LogP contribution in [0, 0.1) is 5.82 Å². The highest BCUT2D eigenvalue weighted by Crippen LogP contribution is 2.28. The normalized spacial score (nSPS) is 11.0. The van der Waals surface area contributed by atoms with Gasteiger partial charge in [-0.1, -0.05) is 20.8 Å². The Morgan fingerprint density at radius 2 is 1.74 bits per heavy atom. The van der Waals surface area contributed by atoms with Crippen molar-refractivity contribution >= 4 is 23.4 Å². The molecule has 12 heteroatoms. The molecule has 0 aliphatic heterocycles. The minimum Gasteiger partial charge on any atom is -0.481 e. The number of halogens is 1. The molecule has 0 aliphatic carbocycles. The van der Waals surface area contributed by atoms with E-state index in [4.69, 9.17) is 9.47 Å². The van der Waals surface area contributed by atoms with Crippen LogP contribution < -0.4 is 25.4 Å². The number of nitrogens with one attached hydrogen (secondary N) is 3. The SMILES string of the molecule is CNC(=O)c1cc(Oc2ccc(NC(=O)Nc3cc(C(C)(C)C)nn3-c3ccc(OC)nc3)c(F)c2)ccn1. The van der Waals surface area contributed by atoms with Crippen LogP contribution in [-0.2, 0) is 5.41 Å². The van der Waals surface area contributed by atoms with Crippen LogP contribution in [0.15, 0.2) is 60.9 Å². The first-order valence-corrected chi connectivity index (χ1v) is 11.9. The molecule has 4 aromatic rings. The molecule has 11 nitrogen and oxygen atoms in total. The molecule has 0 aliphatic rings. The molecule has 0 saturated carbocycles. The number of carbonyl (C=O) groups is 2. The molecule has 3 N–H and O–H groups in total. The van der Waals surface area contributed by atoms with Gasteiger partial charge in [0.25, 0.3) is 5.91 Å². The Balaban J connectivity index is 1.50. The molecule has 0 spiro atoms. The maximum absolute atomic E-state index is 14.9. The molecular formula is C27H28FN7O4. The predicted molar refractivity (Wildman–Crippen MR) is 143 cm³/mol. The minimum atomic E-state index is -0.716. The van der Waals surface area contributed by atoms with E-state index in [0.29, 0.717) is 23.1 Å². The van der Waals surface area contributed by atoms with Crippen molar-refractivity contribution < 1.29 is 23.5 Å². The molecule has 3 heterocycles. The van der Waals surface area contributed by atoms with Gasteiger partial charge in [-0.05, 0) is 24.3 Å². The van der Waals surface area contributed by atoms with E-state index >= 15 is 0 Å². The van der Waals surface area contributed by atoms with E-state index in [-0.39, 0.29) is 28.5 Å². The second kappa shape index (κ2) is 11.2. The topological polar surface area (TPSA) is 132 Å². The number of anilines is 2. The third-order valence-corrected chi connectivity index (χ3v) is 5.51. The van der Waals surface area contributed by atoms with Crippen LogP contribution in [0.2, 0.25) is 0 Å². The van der Waals surface area contributed by atoms with Crippen molar-refractivity contribution in [1.29, 1.82) is 0 Å². The van der Waals surface area contributed by atoms with E-state index in [1.807, 2.05) is 20.8 Å². The number of carbonyl (C=O) groups excluding carboxylic acids is 2. The van der Waals surface area contributed by atoms with E-state index in [2.05, 4.69) is 31.0 Å². The van der Waals surface area contributed by atoms with Gasteiger partial charge in [-0.3, -0.25) is 15.1 Å². The van der Waals surface area contributed by atoms with Gasteiger partial charge in [0, 0.05) is 42.9 Å². The number of hydrogen-bond acceptors (Lipinski definition) is 7. The standard InChI is InChI=1S/C27H28FN7O4/c1-27(2,3)22-14-23(35(34-22)16-6-9-24(38-5)31-15-16)33-26(37)32-20-8-7-17(12-19(20)28)39-18-10-11-30-21(13-18)25(36)29-4/h6-15H,1-5H3,(H,29,36)(H2,32,33,37). The largest absolute Gasteiger partial charge is 0.481 e. The lowest BCUT2D eigenvalue weighted by atomic mass is 9.92. The fourth-order valence-electron chi connectivity index (χ4n) is 3.45. The van der Waals surface area contributed by atoms with Crippen molar-refractivity contribution in [1.82, 2.24) is 25.1 Å². The monoisotopic (exact) mass is 533 g/mol. The number of ether oxygens (including phenoxy) is 2. The fraction of sp³-hybridized carbons (Fsp3) is 0.222. The first-order chi connectivity index (χ1) is 18.6. The summed E-state index contributed by atoms with van der Waals surface area (Å²) in [6.07, 6.45) is 2.98. The molecule has 39 heavy (non-hydrogen) atoms. The number of amides is 3. The Morgan fingerprint density at radius 1 is 0.974 bits per heavy atom. The average molecular weight is 534 g/mol. The highest BCUT2D eigenvalue weighted by Gasteiger charge is 2.22. The van der Waals surface area contributed by atoms with E-state index in [0.717, 1.165) is 11.8 Å². The third-order valence-electron chi connectivity index (χ3n) is 5.51. The van der Waals surface area contributed by atoms with Crippen molar-refractivity contribution in [3.63, 3.8) is 0 Å². The van der Waals surface area contributed by atoms with Crippen LogP contribution in [0.3, 0.4) is 0 Å². The second-order valence-corrected chi connectivity index (χ2v) is 9.41. The summed E-state index contributed by atoms with van der Waals surface area (Å²) < 4.78 is 27.2. The molecular weight excluding hydrogens is 505 g/mol. The summed E-state index contributed by atoms with van der Waals surface area (Å²) in [5, 5.41) is 12.3. The molecule has 3 aromatic heterocycles. The van der Waals surface area contributed by atoms with Gasteiger partial charge in [0.15, 0.2) is 0 Å². The number of rotatable bonds is 7. The van der Waals surface area contributed by atoms with E-state index in [1.165, 1.54) is 44.6 Å². The Bertz CT molecular complexity index is 1500. The summed E-state index contributed by atoms with van der Waals surface area (Å²) in [6, 6.07) is 11.5. The molecule has 0 saturated heterocycles. The lowest BCUT2D eigenvalue weighted by Gasteiger charge is -2.14. The summed E-state index contributed by atoms with van der Waals surface area (Å²) in [7, 11) is 3.01. The molecule has 3 amide bonds. The Morgan fingerprint density at radius 3 is 2.38 bits per heavy atom. The lowest BCUT2D eigenvalue weighted by molar-refractivity contribution is 0.0957. The summed E-state index contributed by atoms with van der Waals surface area (Å²) in [4.78, 5) is 32.8.